The molecule has 0 radical (unpaired) electrons. The Kier molecular flexibility index (Phi) is 3.40. The Morgan fingerprint density at radius 2 is 2.14 bits per heavy atom. The Morgan fingerprint density at radius 3 is 2.79 bits per heavy atom. The van der Waals surface area contributed by atoms with Crippen molar-refractivity contribution in [2.45, 2.75) is 44.4 Å². The topological polar surface area (TPSA) is 38.9 Å². The van der Waals surface area contributed by atoms with Crippen LogP contribution >= 0.6 is 11.6 Å². The molecule has 1 fully saturated rings. The smallest absolute Gasteiger partial charge is 0.226 e. The maximum atomic E-state index is 5.58. The van der Waals surface area contributed by atoms with E-state index in [0.717, 1.165) is 18.2 Å². The minimum Gasteiger partial charge on any atom is -0.339 e. The van der Waals surface area contributed by atoms with Crippen LogP contribution in [0.1, 0.15) is 43.8 Å². The average molecular weight is 215 g/mol. The van der Waals surface area contributed by atoms with Crippen LogP contribution in [0.25, 0.3) is 0 Å². The molecule has 1 aliphatic rings. The molecule has 0 atom stereocenters. The van der Waals surface area contributed by atoms with Crippen molar-refractivity contribution in [2.24, 2.45) is 5.92 Å². The molecule has 1 aliphatic carbocycles. The maximum Gasteiger partial charge on any atom is 0.226 e. The molecule has 78 valence electrons. The molecule has 0 saturated heterocycles. The quantitative estimate of drug-likeness (QED) is 0.724. The first-order valence-electron chi connectivity index (χ1n) is 5.26. The molecule has 0 N–H and O–H groups in total. The third-order valence-electron chi connectivity index (χ3n) is 2.87. The van der Waals surface area contributed by atoms with Crippen LogP contribution < -0.4 is 0 Å². The van der Waals surface area contributed by atoms with E-state index in [-0.39, 0.29) is 0 Å². The van der Waals surface area contributed by atoms with Crippen molar-refractivity contribution in [1.82, 2.24) is 10.1 Å². The molecule has 0 aromatic carbocycles. The zero-order valence-electron chi connectivity index (χ0n) is 8.21. The van der Waals surface area contributed by atoms with E-state index in [9.17, 15) is 0 Å². The van der Waals surface area contributed by atoms with Gasteiger partial charge in [0.1, 0.15) is 0 Å². The van der Waals surface area contributed by atoms with Crippen molar-refractivity contribution >= 4 is 11.6 Å². The van der Waals surface area contributed by atoms with Crippen LogP contribution in [0.4, 0.5) is 0 Å². The highest BCUT2D eigenvalue weighted by Crippen LogP contribution is 2.28. The predicted octanol–water partition coefficient (Wildman–Crippen LogP) is 2.93. The zero-order chi connectivity index (χ0) is 9.80. The summed E-state index contributed by atoms with van der Waals surface area (Å²) in [4.78, 5) is 4.18. The van der Waals surface area contributed by atoms with E-state index < -0.39 is 0 Å². The largest absolute Gasteiger partial charge is 0.339 e. The second-order valence-corrected chi connectivity index (χ2v) is 4.19. The molecule has 0 aliphatic heterocycles. The van der Waals surface area contributed by atoms with Gasteiger partial charge in [-0.1, -0.05) is 30.8 Å². The van der Waals surface area contributed by atoms with Gasteiger partial charge < -0.3 is 4.52 Å². The Labute approximate surface area is 88.8 Å². The van der Waals surface area contributed by atoms with Gasteiger partial charge in [0.15, 0.2) is 5.82 Å². The fraction of sp³-hybridized carbons (Fsp3) is 0.800. The van der Waals surface area contributed by atoms with Gasteiger partial charge >= 0.3 is 0 Å². The van der Waals surface area contributed by atoms with E-state index in [1.165, 1.54) is 32.1 Å². The lowest BCUT2D eigenvalue weighted by Crippen LogP contribution is -1.96. The molecule has 0 bridgehead atoms. The number of alkyl halides is 1. The van der Waals surface area contributed by atoms with Gasteiger partial charge in [0.2, 0.25) is 5.89 Å². The molecule has 1 aromatic rings. The Hall–Kier alpha value is -0.570. The lowest BCUT2D eigenvalue weighted by Gasteiger charge is -2.04. The number of aryl methyl sites for hydroxylation is 1. The van der Waals surface area contributed by atoms with E-state index in [1.54, 1.807) is 0 Å². The van der Waals surface area contributed by atoms with Gasteiger partial charge in [-0.05, 0) is 12.3 Å². The molecule has 14 heavy (non-hydrogen) atoms. The van der Waals surface area contributed by atoms with Crippen LogP contribution in [0.5, 0.6) is 0 Å². The van der Waals surface area contributed by atoms with E-state index >= 15 is 0 Å². The molecule has 1 heterocycles. The fourth-order valence-corrected chi connectivity index (χ4v) is 2.18. The molecule has 0 amide bonds. The van der Waals surface area contributed by atoms with Crippen molar-refractivity contribution in [2.75, 3.05) is 0 Å². The highest BCUT2D eigenvalue weighted by molar-refractivity contribution is 6.16. The van der Waals surface area contributed by atoms with Crippen LogP contribution in [0, 0.1) is 5.92 Å². The normalized spacial score (nSPS) is 17.8. The highest BCUT2D eigenvalue weighted by Gasteiger charge is 2.16. The summed E-state index contributed by atoms with van der Waals surface area (Å²) in [5.74, 6) is 2.56. The number of nitrogens with zero attached hydrogens (tertiary/aromatic N) is 2. The van der Waals surface area contributed by atoms with Crippen LogP contribution in [-0.2, 0) is 12.3 Å². The predicted molar refractivity (Wildman–Crippen MR) is 54.1 cm³/mol. The molecule has 1 aromatic heterocycles. The van der Waals surface area contributed by atoms with Gasteiger partial charge in [-0.3, -0.25) is 0 Å². The lowest BCUT2D eigenvalue weighted by atomic mass is 10.0. The summed E-state index contributed by atoms with van der Waals surface area (Å²) in [5, 5.41) is 3.76. The number of hydrogen-bond acceptors (Lipinski definition) is 3. The first kappa shape index (κ1) is 9.97. The number of rotatable bonds is 4. The van der Waals surface area contributed by atoms with E-state index in [4.69, 9.17) is 16.1 Å². The molecule has 0 unspecified atom stereocenters. The Bertz CT molecular complexity index is 281. The van der Waals surface area contributed by atoms with Gasteiger partial charge in [0.05, 0.1) is 5.88 Å². The van der Waals surface area contributed by atoms with E-state index in [2.05, 4.69) is 10.1 Å². The van der Waals surface area contributed by atoms with Crippen LogP contribution in [0.15, 0.2) is 4.52 Å². The molecule has 4 heteroatoms. The molecule has 1 saturated carbocycles. The van der Waals surface area contributed by atoms with Crippen LogP contribution in [0.3, 0.4) is 0 Å². The Morgan fingerprint density at radius 1 is 1.36 bits per heavy atom. The third kappa shape index (κ3) is 2.47. The summed E-state index contributed by atoms with van der Waals surface area (Å²) >= 11 is 5.58. The summed E-state index contributed by atoms with van der Waals surface area (Å²) in [6.45, 7) is 0. The van der Waals surface area contributed by atoms with Crippen LogP contribution in [0.2, 0.25) is 0 Å². The minimum atomic E-state index is 0.340. The summed E-state index contributed by atoms with van der Waals surface area (Å²) in [6.07, 6.45) is 7.62. The van der Waals surface area contributed by atoms with Gasteiger partial charge in [0, 0.05) is 6.42 Å². The summed E-state index contributed by atoms with van der Waals surface area (Å²) in [7, 11) is 0. The van der Waals surface area contributed by atoms with Crippen molar-refractivity contribution in [3.8, 4) is 0 Å². The van der Waals surface area contributed by atoms with Gasteiger partial charge in [-0.15, -0.1) is 11.6 Å². The zero-order valence-corrected chi connectivity index (χ0v) is 8.96. The van der Waals surface area contributed by atoms with Crippen molar-refractivity contribution in [3.63, 3.8) is 0 Å². The standard InChI is InChI=1S/C10H15ClN2O/c11-7-9-12-10(14-13-9)6-5-8-3-1-2-4-8/h8H,1-7H2. The number of aromatic nitrogens is 2. The fourth-order valence-electron chi connectivity index (χ4n) is 2.07. The SMILES string of the molecule is ClCc1noc(CCC2CCCC2)n1. The molecule has 2 rings (SSSR count). The second-order valence-electron chi connectivity index (χ2n) is 3.93. The maximum absolute atomic E-state index is 5.58. The van der Waals surface area contributed by atoms with E-state index in [1.807, 2.05) is 0 Å². The van der Waals surface area contributed by atoms with Gasteiger partial charge in [0.25, 0.3) is 0 Å². The van der Waals surface area contributed by atoms with Crippen LogP contribution in [-0.4, -0.2) is 10.1 Å². The summed E-state index contributed by atoms with van der Waals surface area (Å²) in [5.41, 5.74) is 0. The van der Waals surface area contributed by atoms with Gasteiger partial charge in [-0.25, -0.2) is 0 Å². The number of hydrogen-bond donors (Lipinski definition) is 0. The third-order valence-corrected chi connectivity index (χ3v) is 3.11. The second kappa shape index (κ2) is 4.78. The molecular weight excluding hydrogens is 200 g/mol. The minimum absolute atomic E-state index is 0.340. The van der Waals surface area contributed by atoms with E-state index in [0.29, 0.717) is 11.7 Å². The first-order chi connectivity index (χ1) is 6.88. The first-order valence-corrected chi connectivity index (χ1v) is 5.79. The molecule has 3 nitrogen and oxygen atoms in total. The van der Waals surface area contributed by atoms with Crippen molar-refractivity contribution < 1.29 is 4.52 Å². The Balaban J connectivity index is 1.79. The number of halogens is 1. The van der Waals surface area contributed by atoms with Crippen molar-refractivity contribution in [1.29, 1.82) is 0 Å². The van der Waals surface area contributed by atoms with Gasteiger partial charge in [-0.2, -0.15) is 4.98 Å². The monoisotopic (exact) mass is 214 g/mol. The molecule has 0 spiro atoms. The highest BCUT2D eigenvalue weighted by atomic mass is 35.5. The average Bonchev–Trinajstić information content (AvgIpc) is 2.86. The summed E-state index contributed by atoms with van der Waals surface area (Å²) in [6, 6.07) is 0. The summed E-state index contributed by atoms with van der Waals surface area (Å²) < 4.78 is 5.07. The molecular formula is C10H15ClN2O. The van der Waals surface area contributed by atoms with Crippen molar-refractivity contribution in [3.05, 3.63) is 11.7 Å². The lowest BCUT2D eigenvalue weighted by molar-refractivity contribution is 0.359.